The minimum atomic E-state index is -0.139. The van der Waals surface area contributed by atoms with E-state index in [2.05, 4.69) is 44.5 Å². The molecule has 0 aliphatic carbocycles. The van der Waals surface area contributed by atoms with Crippen molar-refractivity contribution in [3.63, 3.8) is 0 Å². The van der Waals surface area contributed by atoms with E-state index in [4.69, 9.17) is 0 Å². The predicted molar refractivity (Wildman–Crippen MR) is 102 cm³/mol. The lowest BCUT2D eigenvalue weighted by molar-refractivity contribution is 0.196. The number of carbonyl (C=O) groups is 1. The number of carbonyl (C=O) groups excluding carboxylic acids is 1. The number of aromatic nitrogens is 2. The van der Waals surface area contributed by atoms with E-state index in [1.165, 1.54) is 5.56 Å². The molecule has 2 aliphatic heterocycles. The largest absolute Gasteiger partial charge is 0.338 e. The summed E-state index contributed by atoms with van der Waals surface area (Å²) >= 11 is 0. The van der Waals surface area contributed by atoms with Crippen molar-refractivity contribution >= 4 is 6.03 Å². The molecule has 1 aromatic carbocycles. The van der Waals surface area contributed by atoms with Crippen LogP contribution >= 0.6 is 0 Å². The molecule has 0 spiro atoms. The van der Waals surface area contributed by atoms with Gasteiger partial charge < -0.3 is 15.2 Å². The van der Waals surface area contributed by atoms with E-state index in [1.807, 2.05) is 6.07 Å². The second-order valence-corrected chi connectivity index (χ2v) is 7.49. The lowest BCUT2D eigenvalue weighted by Crippen LogP contribution is -2.39. The van der Waals surface area contributed by atoms with Crippen LogP contribution in [0.15, 0.2) is 35.1 Å². The number of likely N-dealkylation sites (tertiary alicyclic amines) is 1. The second-order valence-electron chi connectivity index (χ2n) is 7.49. The SMILES string of the molecule is Cc1nc2c(c(=O)[nH]1)CN(C(=O)NC[C@@H]1CCN(Cc3ccccc3)C1)C2. The zero-order chi connectivity index (χ0) is 18.8. The van der Waals surface area contributed by atoms with Crippen LogP contribution in [0.3, 0.4) is 0 Å². The van der Waals surface area contributed by atoms with Gasteiger partial charge in [0.2, 0.25) is 0 Å². The van der Waals surface area contributed by atoms with Crippen LogP contribution in [0.5, 0.6) is 0 Å². The summed E-state index contributed by atoms with van der Waals surface area (Å²) in [5.41, 5.74) is 2.50. The van der Waals surface area contributed by atoms with Gasteiger partial charge in [0, 0.05) is 19.6 Å². The van der Waals surface area contributed by atoms with Gasteiger partial charge in [0.1, 0.15) is 5.82 Å². The Balaban J connectivity index is 1.26. The molecular formula is C20H25N5O2. The molecule has 0 unspecified atom stereocenters. The van der Waals surface area contributed by atoms with Gasteiger partial charge in [0.05, 0.1) is 24.3 Å². The molecule has 2 amide bonds. The van der Waals surface area contributed by atoms with Crippen LogP contribution in [0.25, 0.3) is 0 Å². The number of aromatic amines is 1. The standard InChI is InChI=1S/C20H25N5O2/c1-14-22-18-13-25(12-17(18)19(26)23-14)20(27)21-9-16-7-8-24(11-16)10-15-5-3-2-4-6-15/h2-6,16H,7-13H2,1H3,(H,21,27)(H,22,23,26)/t16-/m0/s1. The highest BCUT2D eigenvalue weighted by Crippen LogP contribution is 2.20. The molecule has 2 aliphatic rings. The van der Waals surface area contributed by atoms with Gasteiger partial charge in [0.25, 0.3) is 5.56 Å². The smallest absolute Gasteiger partial charge is 0.318 e. The third-order valence-corrected chi connectivity index (χ3v) is 5.36. The fourth-order valence-corrected chi connectivity index (χ4v) is 3.94. The Morgan fingerprint density at radius 2 is 2.11 bits per heavy atom. The third kappa shape index (κ3) is 4.03. The highest BCUT2D eigenvalue weighted by atomic mass is 16.2. The van der Waals surface area contributed by atoms with Gasteiger partial charge >= 0.3 is 6.03 Å². The van der Waals surface area contributed by atoms with Gasteiger partial charge in [-0.15, -0.1) is 0 Å². The Bertz CT molecular complexity index is 880. The van der Waals surface area contributed by atoms with E-state index in [0.717, 1.165) is 26.1 Å². The molecule has 1 aromatic heterocycles. The molecule has 0 bridgehead atoms. The van der Waals surface area contributed by atoms with Crippen LogP contribution in [0.1, 0.15) is 29.1 Å². The maximum absolute atomic E-state index is 12.5. The molecule has 1 atom stereocenters. The lowest BCUT2D eigenvalue weighted by Gasteiger charge is -2.19. The average molecular weight is 367 g/mol. The summed E-state index contributed by atoms with van der Waals surface area (Å²) in [6, 6.07) is 10.4. The molecule has 7 heteroatoms. The van der Waals surface area contributed by atoms with E-state index < -0.39 is 0 Å². The molecule has 3 heterocycles. The van der Waals surface area contributed by atoms with Gasteiger partial charge in [0.15, 0.2) is 0 Å². The Morgan fingerprint density at radius 1 is 1.30 bits per heavy atom. The Kier molecular flexibility index (Phi) is 4.94. The number of aryl methyl sites for hydroxylation is 1. The summed E-state index contributed by atoms with van der Waals surface area (Å²) in [5.74, 6) is 1.05. The number of amides is 2. The number of nitrogens with zero attached hydrogens (tertiary/aromatic N) is 3. The van der Waals surface area contributed by atoms with Crippen molar-refractivity contribution in [3.05, 3.63) is 63.3 Å². The number of rotatable bonds is 4. The number of urea groups is 1. The first-order chi connectivity index (χ1) is 13.1. The van der Waals surface area contributed by atoms with Crippen LogP contribution in [-0.2, 0) is 19.6 Å². The molecule has 1 fully saturated rings. The highest BCUT2D eigenvalue weighted by molar-refractivity contribution is 5.74. The molecule has 1 saturated heterocycles. The van der Waals surface area contributed by atoms with Crippen molar-refractivity contribution in [1.29, 1.82) is 0 Å². The molecule has 4 rings (SSSR count). The van der Waals surface area contributed by atoms with Crippen LogP contribution in [0.2, 0.25) is 0 Å². The number of hydrogen-bond donors (Lipinski definition) is 2. The number of fused-ring (bicyclic) bond motifs is 1. The zero-order valence-corrected chi connectivity index (χ0v) is 15.6. The first-order valence-corrected chi connectivity index (χ1v) is 9.46. The van der Waals surface area contributed by atoms with Crippen molar-refractivity contribution in [2.45, 2.75) is 33.0 Å². The van der Waals surface area contributed by atoms with Gasteiger partial charge in [-0.1, -0.05) is 30.3 Å². The molecular weight excluding hydrogens is 342 g/mol. The van der Waals surface area contributed by atoms with Crippen molar-refractivity contribution in [2.24, 2.45) is 5.92 Å². The average Bonchev–Trinajstić information content (AvgIpc) is 3.27. The van der Waals surface area contributed by atoms with E-state index in [-0.39, 0.29) is 11.6 Å². The summed E-state index contributed by atoms with van der Waals surface area (Å²) < 4.78 is 0. The second kappa shape index (κ2) is 7.52. The summed E-state index contributed by atoms with van der Waals surface area (Å²) in [6.45, 7) is 6.16. The highest BCUT2D eigenvalue weighted by Gasteiger charge is 2.28. The van der Waals surface area contributed by atoms with Gasteiger partial charge in [-0.25, -0.2) is 9.78 Å². The normalized spacial score (nSPS) is 19.3. The van der Waals surface area contributed by atoms with Crippen molar-refractivity contribution in [3.8, 4) is 0 Å². The van der Waals surface area contributed by atoms with Crippen LogP contribution < -0.4 is 10.9 Å². The Labute approximate surface area is 158 Å². The quantitative estimate of drug-likeness (QED) is 0.861. The van der Waals surface area contributed by atoms with E-state index in [0.29, 0.717) is 42.6 Å². The maximum Gasteiger partial charge on any atom is 0.318 e. The van der Waals surface area contributed by atoms with Crippen LogP contribution in [0, 0.1) is 12.8 Å². The topological polar surface area (TPSA) is 81.3 Å². The van der Waals surface area contributed by atoms with Crippen molar-refractivity contribution < 1.29 is 4.79 Å². The lowest BCUT2D eigenvalue weighted by atomic mass is 10.1. The summed E-state index contributed by atoms with van der Waals surface area (Å²) in [6.07, 6.45) is 1.09. The number of benzene rings is 1. The van der Waals surface area contributed by atoms with Gasteiger partial charge in [-0.05, 0) is 31.4 Å². The summed E-state index contributed by atoms with van der Waals surface area (Å²) in [4.78, 5) is 35.6. The van der Waals surface area contributed by atoms with Crippen molar-refractivity contribution in [2.75, 3.05) is 19.6 Å². The first-order valence-electron chi connectivity index (χ1n) is 9.46. The first kappa shape index (κ1) is 17.7. The van der Waals surface area contributed by atoms with Crippen LogP contribution in [0.4, 0.5) is 4.79 Å². The summed E-state index contributed by atoms with van der Waals surface area (Å²) in [7, 11) is 0. The fourth-order valence-electron chi connectivity index (χ4n) is 3.94. The van der Waals surface area contributed by atoms with E-state index in [1.54, 1.807) is 11.8 Å². The number of hydrogen-bond acceptors (Lipinski definition) is 4. The Hall–Kier alpha value is -2.67. The minimum absolute atomic E-state index is 0.119. The maximum atomic E-state index is 12.5. The minimum Gasteiger partial charge on any atom is -0.338 e. The number of nitrogens with one attached hydrogen (secondary N) is 2. The van der Waals surface area contributed by atoms with Crippen molar-refractivity contribution in [1.82, 2.24) is 25.1 Å². The molecule has 142 valence electrons. The van der Waals surface area contributed by atoms with Crippen LogP contribution in [-0.4, -0.2) is 45.4 Å². The molecule has 7 nitrogen and oxygen atoms in total. The monoisotopic (exact) mass is 367 g/mol. The Morgan fingerprint density at radius 3 is 2.93 bits per heavy atom. The van der Waals surface area contributed by atoms with E-state index in [9.17, 15) is 9.59 Å². The summed E-state index contributed by atoms with van der Waals surface area (Å²) in [5, 5.41) is 3.04. The molecule has 0 saturated carbocycles. The third-order valence-electron chi connectivity index (χ3n) is 5.36. The fraction of sp³-hybridized carbons (Fsp3) is 0.450. The predicted octanol–water partition coefficient (Wildman–Crippen LogP) is 1.63. The van der Waals surface area contributed by atoms with E-state index >= 15 is 0 Å². The molecule has 27 heavy (non-hydrogen) atoms. The molecule has 2 N–H and O–H groups in total. The van der Waals surface area contributed by atoms with Gasteiger partial charge in [-0.2, -0.15) is 0 Å². The molecule has 2 aromatic rings. The van der Waals surface area contributed by atoms with Gasteiger partial charge in [-0.3, -0.25) is 9.69 Å². The number of H-pyrrole nitrogens is 1. The molecule has 0 radical (unpaired) electrons. The zero-order valence-electron chi connectivity index (χ0n) is 15.6.